The maximum Gasteiger partial charge on any atom is 0.255 e. The number of aromatic hydroxyl groups is 1. The van der Waals surface area contributed by atoms with E-state index in [1.807, 2.05) is 20.2 Å². The average Bonchev–Trinajstić information content (AvgIpc) is 2.85. The summed E-state index contributed by atoms with van der Waals surface area (Å²) in [4.78, 5) is 12.2. The number of rotatable bonds is 5. The maximum atomic E-state index is 12.2. The van der Waals surface area contributed by atoms with Crippen LogP contribution in [0.3, 0.4) is 0 Å². The van der Waals surface area contributed by atoms with Crippen LogP contribution in [-0.2, 0) is 20.0 Å². The van der Waals surface area contributed by atoms with Crippen LogP contribution in [0, 0.1) is 0 Å². The predicted molar refractivity (Wildman–Crippen MR) is 78.4 cm³/mol. The molecule has 0 atom stereocenters. The molecule has 112 valence electrons. The van der Waals surface area contributed by atoms with Crippen LogP contribution in [0.5, 0.6) is 11.5 Å². The van der Waals surface area contributed by atoms with E-state index < -0.39 is 0 Å². The van der Waals surface area contributed by atoms with E-state index in [0.717, 1.165) is 17.7 Å². The predicted octanol–water partition coefficient (Wildman–Crippen LogP) is 1.63. The number of aromatic nitrogens is 2. The first-order chi connectivity index (χ1) is 10.1. The van der Waals surface area contributed by atoms with Crippen LogP contribution in [0.2, 0.25) is 0 Å². The summed E-state index contributed by atoms with van der Waals surface area (Å²) in [6.45, 7) is 2.38. The molecule has 1 aromatic carbocycles. The van der Waals surface area contributed by atoms with Crippen molar-refractivity contribution < 1.29 is 14.6 Å². The van der Waals surface area contributed by atoms with Gasteiger partial charge in [-0.05, 0) is 18.6 Å². The smallest absolute Gasteiger partial charge is 0.255 e. The van der Waals surface area contributed by atoms with E-state index in [4.69, 9.17) is 4.74 Å². The molecule has 1 aromatic heterocycles. The summed E-state index contributed by atoms with van der Waals surface area (Å²) < 4.78 is 6.72. The van der Waals surface area contributed by atoms with Crippen LogP contribution in [0.25, 0.3) is 0 Å². The molecule has 2 aromatic rings. The monoisotopic (exact) mass is 289 g/mol. The number of ether oxygens (including phenoxy) is 1. The van der Waals surface area contributed by atoms with Crippen molar-refractivity contribution in [2.75, 3.05) is 7.11 Å². The van der Waals surface area contributed by atoms with Gasteiger partial charge in [0, 0.05) is 25.4 Å². The number of nitrogens with one attached hydrogen (secondary N) is 1. The first-order valence-electron chi connectivity index (χ1n) is 6.72. The molecular formula is C15H19N3O3. The highest BCUT2D eigenvalue weighted by Crippen LogP contribution is 2.29. The highest BCUT2D eigenvalue weighted by Gasteiger charge is 2.15. The van der Waals surface area contributed by atoms with E-state index in [1.54, 1.807) is 22.9 Å². The Kier molecular flexibility index (Phi) is 4.47. The number of aryl methyl sites for hydroxylation is 2. The highest BCUT2D eigenvalue weighted by atomic mass is 16.5. The Bertz CT molecular complexity index is 650. The van der Waals surface area contributed by atoms with Crippen molar-refractivity contribution in [3.05, 3.63) is 41.2 Å². The summed E-state index contributed by atoms with van der Waals surface area (Å²) in [6.07, 6.45) is 2.68. The van der Waals surface area contributed by atoms with Gasteiger partial charge in [0.05, 0.1) is 18.4 Å². The molecule has 2 rings (SSSR count). The number of carbonyl (C=O) groups is 1. The quantitative estimate of drug-likeness (QED) is 0.877. The van der Waals surface area contributed by atoms with Gasteiger partial charge in [-0.25, -0.2) is 0 Å². The summed E-state index contributed by atoms with van der Waals surface area (Å²) in [6, 6.07) is 4.81. The SMILES string of the molecule is CCc1nn(C)cc1CNC(=O)c1cccc(OC)c1O. The second-order valence-electron chi connectivity index (χ2n) is 4.67. The Morgan fingerprint density at radius 1 is 1.48 bits per heavy atom. The third kappa shape index (κ3) is 3.16. The molecule has 1 amide bonds. The summed E-state index contributed by atoms with van der Waals surface area (Å²) in [7, 11) is 3.29. The molecule has 0 radical (unpaired) electrons. The van der Waals surface area contributed by atoms with E-state index in [0.29, 0.717) is 6.54 Å². The largest absolute Gasteiger partial charge is 0.504 e. The molecule has 0 bridgehead atoms. The second-order valence-corrected chi connectivity index (χ2v) is 4.67. The summed E-state index contributed by atoms with van der Waals surface area (Å²) in [5.74, 6) is -0.227. The second kappa shape index (κ2) is 6.30. The van der Waals surface area contributed by atoms with Gasteiger partial charge in [0.25, 0.3) is 5.91 Å². The summed E-state index contributed by atoms with van der Waals surface area (Å²) in [5.41, 5.74) is 2.11. The normalized spacial score (nSPS) is 10.4. The number of phenols is 1. The number of para-hydroxylation sites is 1. The molecule has 6 heteroatoms. The van der Waals surface area contributed by atoms with Crippen LogP contribution in [0.15, 0.2) is 24.4 Å². The van der Waals surface area contributed by atoms with E-state index in [1.165, 1.54) is 7.11 Å². The van der Waals surface area contributed by atoms with Crippen molar-refractivity contribution in [2.45, 2.75) is 19.9 Å². The molecule has 1 heterocycles. The molecular weight excluding hydrogens is 270 g/mol. The number of carbonyl (C=O) groups excluding carboxylic acids is 1. The van der Waals surface area contributed by atoms with Crippen molar-refractivity contribution in [3.8, 4) is 11.5 Å². The number of hydrogen-bond donors (Lipinski definition) is 2. The number of benzene rings is 1. The standard InChI is InChI=1S/C15H19N3O3/c1-4-12-10(9-18(2)17-12)8-16-15(20)11-6-5-7-13(21-3)14(11)19/h5-7,9,19H,4,8H2,1-3H3,(H,16,20). The molecule has 0 unspecified atom stereocenters. The Labute approximate surface area is 123 Å². The van der Waals surface area contributed by atoms with Crippen molar-refractivity contribution in [1.29, 1.82) is 0 Å². The maximum absolute atomic E-state index is 12.2. The molecule has 21 heavy (non-hydrogen) atoms. The molecule has 0 aliphatic heterocycles. The molecule has 0 saturated carbocycles. The lowest BCUT2D eigenvalue weighted by molar-refractivity contribution is 0.0947. The van der Waals surface area contributed by atoms with Gasteiger partial charge in [0.1, 0.15) is 0 Å². The first-order valence-corrected chi connectivity index (χ1v) is 6.72. The average molecular weight is 289 g/mol. The van der Waals surface area contributed by atoms with Crippen LogP contribution in [0.4, 0.5) is 0 Å². The van der Waals surface area contributed by atoms with E-state index in [2.05, 4.69) is 10.4 Å². The van der Waals surface area contributed by atoms with E-state index in [9.17, 15) is 9.90 Å². The van der Waals surface area contributed by atoms with Crippen LogP contribution < -0.4 is 10.1 Å². The number of amides is 1. The zero-order valence-corrected chi connectivity index (χ0v) is 12.4. The van der Waals surface area contributed by atoms with Gasteiger partial charge in [-0.3, -0.25) is 9.48 Å². The van der Waals surface area contributed by atoms with Crippen LogP contribution >= 0.6 is 0 Å². The fraction of sp³-hybridized carbons (Fsp3) is 0.333. The van der Waals surface area contributed by atoms with Crippen molar-refractivity contribution in [3.63, 3.8) is 0 Å². The lowest BCUT2D eigenvalue weighted by atomic mass is 10.1. The van der Waals surface area contributed by atoms with Crippen molar-refractivity contribution >= 4 is 5.91 Å². The molecule has 2 N–H and O–H groups in total. The minimum atomic E-state index is -0.350. The molecule has 6 nitrogen and oxygen atoms in total. The van der Waals surface area contributed by atoms with Gasteiger partial charge in [-0.15, -0.1) is 0 Å². The summed E-state index contributed by atoms with van der Waals surface area (Å²) >= 11 is 0. The lowest BCUT2D eigenvalue weighted by Crippen LogP contribution is -2.23. The Morgan fingerprint density at radius 2 is 2.24 bits per heavy atom. The van der Waals surface area contributed by atoms with Gasteiger partial charge >= 0.3 is 0 Å². The molecule has 0 saturated heterocycles. The fourth-order valence-electron chi connectivity index (χ4n) is 2.17. The fourth-order valence-corrected chi connectivity index (χ4v) is 2.17. The van der Waals surface area contributed by atoms with E-state index in [-0.39, 0.29) is 23.0 Å². The van der Waals surface area contributed by atoms with Crippen LogP contribution in [-0.4, -0.2) is 27.9 Å². The van der Waals surface area contributed by atoms with Gasteiger partial charge in [0.2, 0.25) is 0 Å². The van der Waals surface area contributed by atoms with Gasteiger partial charge in [-0.2, -0.15) is 5.10 Å². The van der Waals surface area contributed by atoms with Crippen molar-refractivity contribution in [2.24, 2.45) is 7.05 Å². The van der Waals surface area contributed by atoms with Crippen molar-refractivity contribution in [1.82, 2.24) is 15.1 Å². The Balaban J connectivity index is 2.12. The highest BCUT2D eigenvalue weighted by molar-refractivity contribution is 5.97. The first kappa shape index (κ1) is 14.9. The van der Waals surface area contributed by atoms with Crippen LogP contribution in [0.1, 0.15) is 28.5 Å². The number of hydrogen-bond acceptors (Lipinski definition) is 4. The van der Waals surface area contributed by atoms with Gasteiger partial charge in [-0.1, -0.05) is 13.0 Å². The topological polar surface area (TPSA) is 76.4 Å². The van der Waals surface area contributed by atoms with E-state index >= 15 is 0 Å². The minimum absolute atomic E-state index is 0.153. The zero-order valence-electron chi connectivity index (χ0n) is 12.4. The minimum Gasteiger partial charge on any atom is -0.504 e. The number of nitrogens with zero attached hydrogens (tertiary/aromatic N) is 2. The molecule has 0 aliphatic rings. The molecule has 0 spiro atoms. The van der Waals surface area contributed by atoms with Gasteiger partial charge < -0.3 is 15.2 Å². The zero-order chi connectivity index (χ0) is 15.4. The molecule has 0 fully saturated rings. The number of phenolic OH excluding ortho intramolecular Hbond substituents is 1. The molecule has 0 aliphatic carbocycles. The Hall–Kier alpha value is -2.50. The number of methoxy groups -OCH3 is 1. The third-order valence-corrected chi connectivity index (χ3v) is 3.23. The van der Waals surface area contributed by atoms with Gasteiger partial charge in [0.15, 0.2) is 11.5 Å². The summed E-state index contributed by atoms with van der Waals surface area (Å²) in [5, 5.41) is 17.1. The lowest BCUT2D eigenvalue weighted by Gasteiger charge is -2.09. The third-order valence-electron chi connectivity index (χ3n) is 3.23. The Morgan fingerprint density at radius 3 is 2.90 bits per heavy atom.